The van der Waals surface area contributed by atoms with Crippen LogP contribution in [0.3, 0.4) is 0 Å². The highest BCUT2D eigenvalue weighted by molar-refractivity contribution is 7.86. The van der Waals surface area contributed by atoms with Crippen molar-refractivity contribution in [1.82, 2.24) is 0 Å². The second-order valence-corrected chi connectivity index (χ2v) is 7.37. The molecule has 0 aliphatic heterocycles. The first-order valence-electron chi connectivity index (χ1n) is 6.92. The number of carbonyl (C=O) groups is 1. The summed E-state index contributed by atoms with van der Waals surface area (Å²) in [7, 11) is -4.07. The smallest absolute Gasteiger partial charge is 0.290 e. The van der Waals surface area contributed by atoms with Crippen molar-refractivity contribution in [3.63, 3.8) is 0 Å². The van der Waals surface area contributed by atoms with Crippen LogP contribution < -0.4 is 0 Å². The van der Waals surface area contributed by atoms with E-state index in [4.69, 9.17) is 15.9 Å². The van der Waals surface area contributed by atoms with Crippen LogP contribution in [0.2, 0.25) is 5.02 Å². The molecule has 122 valence electrons. The molecular weight excluding hydrogens is 338 g/mol. The Morgan fingerprint density at radius 3 is 2.52 bits per heavy atom. The Hall–Kier alpha value is -1.92. The minimum absolute atomic E-state index is 0.00147. The molecule has 1 aliphatic rings. The van der Waals surface area contributed by atoms with Crippen LogP contribution in [0.4, 0.5) is 0 Å². The molecule has 1 aromatic carbocycles. The van der Waals surface area contributed by atoms with Gasteiger partial charge in [-0.05, 0) is 48.8 Å². The molecule has 0 unspecified atom stereocenters. The lowest BCUT2D eigenvalue weighted by atomic mass is 9.90. The molecule has 0 aromatic heterocycles. The molecular formula is C16H16ClNO4S. The van der Waals surface area contributed by atoms with Gasteiger partial charge in [0.2, 0.25) is 0 Å². The Labute approximate surface area is 140 Å². The summed E-state index contributed by atoms with van der Waals surface area (Å²) in [5, 5.41) is 3.98. The highest BCUT2D eigenvalue weighted by Gasteiger charge is 2.21. The van der Waals surface area contributed by atoms with Gasteiger partial charge in [0.15, 0.2) is 5.78 Å². The molecule has 0 bridgehead atoms. The summed E-state index contributed by atoms with van der Waals surface area (Å²) in [6, 6.07) is 5.71. The number of ketones is 1. The van der Waals surface area contributed by atoms with Gasteiger partial charge in [-0.1, -0.05) is 36.7 Å². The lowest BCUT2D eigenvalue weighted by Crippen LogP contribution is -2.16. The molecule has 1 aliphatic carbocycles. The Bertz CT molecular complexity index is 835. The summed E-state index contributed by atoms with van der Waals surface area (Å²) in [5.74, 6) is -0.101. The van der Waals surface area contributed by atoms with Crippen LogP contribution in [0.5, 0.6) is 0 Å². The fraction of sp³-hybridized carbons (Fsp3) is 0.250. The molecule has 0 saturated carbocycles. The highest BCUT2D eigenvalue weighted by Crippen LogP contribution is 2.21. The standard InChI is InChI=1S/C16H16ClNO4S/c1-10(2)14-9-15(11(3)7-16(14)19)18-22-23(20,21)13-6-4-5-12(17)8-13/h4-10H,1-3H3/b18-15+. The SMILES string of the molecule is CC1=CC(=O)C(C(C)C)=C/C1=N\OS(=O)(=O)c1cccc(Cl)c1. The summed E-state index contributed by atoms with van der Waals surface area (Å²) in [4.78, 5) is 11.8. The number of allylic oxidation sites excluding steroid dienone is 4. The predicted molar refractivity (Wildman–Crippen MR) is 88.8 cm³/mol. The minimum Gasteiger partial charge on any atom is -0.290 e. The first-order chi connectivity index (χ1) is 10.7. The third-order valence-electron chi connectivity index (χ3n) is 3.27. The number of benzene rings is 1. The average Bonchev–Trinajstić information content (AvgIpc) is 2.46. The van der Waals surface area contributed by atoms with Gasteiger partial charge in [-0.15, -0.1) is 0 Å². The van der Waals surface area contributed by atoms with E-state index in [1.165, 1.54) is 24.3 Å². The molecule has 0 spiro atoms. The van der Waals surface area contributed by atoms with Crippen LogP contribution in [0, 0.1) is 5.92 Å². The third kappa shape index (κ3) is 4.09. The Morgan fingerprint density at radius 1 is 1.22 bits per heavy atom. The quantitative estimate of drug-likeness (QED) is 0.613. The fourth-order valence-corrected chi connectivity index (χ4v) is 3.03. The molecule has 5 nitrogen and oxygen atoms in total. The maximum absolute atomic E-state index is 12.1. The van der Waals surface area contributed by atoms with Gasteiger partial charge in [0.05, 0.1) is 0 Å². The van der Waals surface area contributed by atoms with Gasteiger partial charge in [0, 0.05) is 10.6 Å². The van der Waals surface area contributed by atoms with E-state index in [1.807, 2.05) is 13.8 Å². The van der Waals surface area contributed by atoms with E-state index >= 15 is 0 Å². The third-order valence-corrected chi connectivity index (χ3v) is 4.61. The first-order valence-corrected chi connectivity index (χ1v) is 8.71. The fourth-order valence-electron chi connectivity index (χ4n) is 1.99. The number of hydrogen-bond acceptors (Lipinski definition) is 5. The van der Waals surface area contributed by atoms with E-state index in [-0.39, 0.29) is 21.6 Å². The zero-order valence-electron chi connectivity index (χ0n) is 12.9. The van der Waals surface area contributed by atoms with Crippen LogP contribution >= 0.6 is 11.6 Å². The molecule has 0 heterocycles. The van der Waals surface area contributed by atoms with Crippen LogP contribution in [-0.2, 0) is 19.2 Å². The highest BCUT2D eigenvalue weighted by atomic mass is 35.5. The number of oxime groups is 1. The monoisotopic (exact) mass is 353 g/mol. The van der Waals surface area contributed by atoms with E-state index in [0.717, 1.165) is 0 Å². The lowest BCUT2D eigenvalue weighted by Gasteiger charge is -2.14. The van der Waals surface area contributed by atoms with Gasteiger partial charge in [-0.3, -0.25) is 9.08 Å². The van der Waals surface area contributed by atoms with Gasteiger partial charge < -0.3 is 0 Å². The Kier molecular flexibility index (Phi) is 5.06. The number of rotatable bonds is 4. The van der Waals surface area contributed by atoms with Crippen molar-refractivity contribution in [2.45, 2.75) is 25.7 Å². The summed E-state index contributed by atoms with van der Waals surface area (Å²) in [6.07, 6.45) is 2.97. The Morgan fingerprint density at radius 2 is 1.91 bits per heavy atom. The van der Waals surface area contributed by atoms with Crippen LogP contribution in [0.25, 0.3) is 0 Å². The van der Waals surface area contributed by atoms with Crippen molar-refractivity contribution in [2.75, 3.05) is 0 Å². The van der Waals surface area contributed by atoms with Gasteiger partial charge in [0.25, 0.3) is 0 Å². The maximum Gasteiger partial charge on any atom is 0.358 e. The van der Waals surface area contributed by atoms with E-state index in [2.05, 4.69) is 5.16 Å². The molecule has 1 aromatic rings. The number of nitrogens with zero attached hydrogens (tertiary/aromatic N) is 1. The number of halogens is 1. The minimum atomic E-state index is -4.07. The predicted octanol–water partition coefficient (Wildman–Crippen LogP) is 3.51. The van der Waals surface area contributed by atoms with Crippen LogP contribution in [0.1, 0.15) is 20.8 Å². The second-order valence-electron chi connectivity index (χ2n) is 5.41. The van der Waals surface area contributed by atoms with E-state index < -0.39 is 10.1 Å². The summed E-state index contributed by atoms with van der Waals surface area (Å²) in [6.45, 7) is 5.42. The molecule has 0 saturated heterocycles. The van der Waals surface area contributed by atoms with Crippen molar-refractivity contribution in [1.29, 1.82) is 0 Å². The van der Waals surface area contributed by atoms with Crippen molar-refractivity contribution >= 4 is 33.2 Å². The molecule has 0 fully saturated rings. The van der Waals surface area contributed by atoms with E-state index in [0.29, 0.717) is 16.9 Å². The lowest BCUT2D eigenvalue weighted by molar-refractivity contribution is -0.111. The molecule has 0 radical (unpaired) electrons. The second kappa shape index (κ2) is 6.68. The summed E-state index contributed by atoms with van der Waals surface area (Å²) in [5.41, 5.74) is 1.40. The van der Waals surface area contributed by atoms with Crippen LogP contribution in [-0.4, -0.2) is 19.9 Å². The molecule has 0 atom stereocenters. The summed E-state index contributed by atoms with van der Waals surface area (Å²) >= 11 is 5.78. The largest absolute Gasteiger partial charge is 0.358 e. The topological polar surface area (TPSA) is 72.8 Å². The van der Waals surface area contributed by atoms with Gasteiger partial charge in [-0.25, -0.2) is 0 Å². The van der Waals surface area contributed by atoms with Gasteiger partial charge in [0.1, 0.15) is 10.6 Å². The van der Waals surface area contributed by atoms with Crippen molar-refractivity contribution in [3.8, 4) is 0 Å². The van der Waals surface area contributed by atoms with Crippen molar-refractivity contribution in [3.05, 3.63) is 52.6 Å². The summed E-state index contributed by atoms with van der Waals surface area (Å²) < 4.78 is 29.0. The number of hydrogen-bond donors (Lipinski definition) is 0. The van der Waals surface area contributed by atoms with E-state index in [1.54, 1.807) is 19.1 Å². The first kappa shape index (κ1) is 17.4. The number of carbonyl (C=O) groups excluding carboxylic acids is 1. The zero-order valence-corrected chi connectivity index (χ0v) is 14.5. The van der Waals surface area contributed by atoms with Crippen LogP contribution in [0.15, 0.2) is 57.6 Å². The molecule has 0 amide bonds. The van der Waals surface area contributed by atoms with Gasteiger partial charge in [-0.2, -0.15) is 8.42 Å². The Balaban J connectivity index is 2.32. The van der Waals surface area contributed by atoms with Crippen molar-refractivity contribution in [2.24, 2.45) is 11.1 Å². The van der Waals surface area contributed by atoms with Crippen molar-refractivity contribution < 1.29 is 17.5 Å². The molecule has 0 N–H and O–H groups in total. The normalized spacial score (nSPS) is 17.3. The van der Waals surface area contributed by atoms with E-state index in [9.17, 15) is 13.2 Å². The molecule has 23 heavy (non-hydrogen) atoms. The average molecular weight is 354 g/mol. The van der Waals surface area contributed by atoms with Gasteiger partial charge >= 0.3 is 10.1 Å². The molecule has 7 heteroatoms. The molecule has 2 rings (SSSR count). The maximum atomic E-state index is 12.1. The zero-order chi connectivity index (χ0) is 17.2.